The van der Waals surface area contributed by atoms with Crippen molar-refractivity contribution in [1.29, 1.82) is 0 Å². The predicted octanol–water partition coefficient (Wildman–Crippen LogP) is 6.45. The van der Waals surface area contributed by atoms with Crippen molar-refractivity contribution in [3.8, 4) is 11.5 Å². The van der Waals surface area contributed by atoms with Crippen molar-refractivity contribution in [2.45, 2.75) is 0 Å². The number of para-hydroxylation sites is 1. The number of ketones is 2. The highest BCUT2D eigenvalue weighted by atomic mass is 16.4. The van der Waals surface area contributed by atoms with Crippen molar-refractivity contribution in [3.63, 3.8) is 0 Å². The maximum Gasteiger partial charge on any atom is 0.266 e. The molecule has 0 saturated carbocycles. The molecule has 0 amide bonds. The summed E-state index contributed by atoms with van der Waals surface area (Å²) in [4.78, 5) is 30.2. The number of Topliss-reactive ketones (excluding diaryl/α,β-unsaturated/α-hetero) is 2. The average Bonchev–Trinajstić information content (AvgIpc) is 3.57. The Kier molecular flexibility index (Phi) is 3.47. The van der Waals surface area contributed by atoms with E-state index < -0.39 is 0 Å². The molecule has 1 aliphatic rings. The molecule has 3 heterocycles. The summed E-state index contributed by atoms with van der Waals surface area (Å²) in [7, 11) is 0. The van der Waals surface area contributed by atoms with E-state index in [1.54, 1.807) is 18.2 Å². The van der Waals surface area contributed by atoms with Crippen molar-refractivity contribution >= 4 is 50.7 Å². The fourth-order valence-electron chi connectivity index (χ4n) is 4.30. The summed E-state index contributed by atoms with van der Waals surface area (Å²) in [6.07, 6.45) is 1.38. The molecule has 6 nitrogen and oxygen atoms in total. The van der Waals surface area contributed by atoms with Crippen LogP contribution < -0.4 is 0 Å². The molecule has 156 valence electrons. The fourth-order valence-corrected chi connectivity index (χ4v) is 4.30. The molecule has 33 heavy (non-hydrogen) atoms. The highest BCUT2D eigenvalue weighted by Gasteiger charge is 2.34. The quantitative estimate of drug-likeness (QED) is 0.231. The number of allylic oxidation sites excluding steroid dienone is 1. The highest BCUT2D eigenvalue weighted by molar-refractivity contribution is 6.42. The van der Waals surface area contributed by atoms with E-state index in [0.29, 0.717) is 28.2 Å². The van der Waals surface area contributed by atoms with Crippen molar-refractivity contribution in [3.05, 3.63) is 95.4 Å². The van der Waals surface area contributed by atoms with Gasteiger partial charge in [0.1, 0.15) is 5.58 Å². The van der Waals surface area contributed by atoms with Crippen LogP contribution in [0.2, 0.25) is 0 Å². The van der Waals surface area contributed by atoms with E-state index in [4.69, 9.17) is 13.3 Å². The van der Waals surface area contributed by atoms with Gasteiger partial charge in [0.2, 0.25) is 5.89 Å². The molecule has 0 saturated heterocycles. The Balaban J connectivity index is 1.26. The van der Waals surface area contributed by atoms with Gasteiger partial charge in [-0.3, -0.25) is 9.59 Å². The van der Waals surface area contributed by atoms with Gasteiger partial charge in [-0.2, -0.15) is 4.98 Å². The van der Waals surface area contributed by atoms with Crippen molar-refractivity contribution in [2.24, 2.45) is 0 Å². The molecule has 0 N–H and O–H groups in total. The number of hydrogen-bond acceptors (Lipinski definition) is 6. The van der Waals surface area contributed by atoms with E-state index in [1.165, 1.54) is 6.08 Å². The Hall–Kier alpha value is -4.71. The van der Waals surface area contributed by atoms with Gasteiger partial charge in [0.15, 0.2) is 28.7 Å². The van der Waals surface area contributed by atoms with Crippen LogP contribution in [0.4, 0.5) is 0 Å². The van der Waals surface area contributed by atoms with Crippen molar-refractivity contribution in [2.75, 3.05) is 0 Å². The van der Waals surface area contributed by atoms with E-state index in [2.05, 4.69) is 4.98 Å². The first kappa shape index (κ1) is 17.9. The number of benzene rings is 3. The summed E-state index contributed by atoms with van der Waals surface area (Å²) in [5.41, 5.74) is 2.24. The summed E-state index contributed by atoms with van der Waals surface area (Å²) >= 11 is 0. The minimum Gasteiger partial charge on any atom is -0.453 e. The first-order chi connectivity index (χ1) is 16.1. The third-order valence-electron chi connectivity index (χ3n) is 5.91. The third-order valence-corrected chi connectivity index (χ3v) is 5.91. The van der Waals surface area contributed by atoms with E-state index in [1.807, 2.05) is 54.6 Å². The molecule has 0 atom stereocenters. The maximum absolute atomic E-state index is 12.9. The van der Waals surface area contributed by atoms with Gasteiger partial charge in [-0.05, 0) is 35.0 Å². The van der Waals surface area contributed by atoms with Crippen LogP contribution in [-0.4, -0.2) is 16.6 Å². The van der Waals surface area contributed by atoms with Crippen LogP contribution in [0.1, 0.15) is 26.6 Å². The Morgan fingerprint density at radius 2 is 1.27 bits per heavy atom. The molecule has 0 spiro atoms. The van der Waals surface area contributed by atoms with Gasteiger partial charge in [0, 0.05) is 28.7 Å². The fraction of sp³-hybridized carbons (Fsp3) is 0. The number of hydrogen-bond donors (Lipinski definition) is 0. The minimum atomic E-state index is -0.335. The number of furan rings is 2. The first-order valence-electron chi connectivity index (χ1n) is 10.4. The number of fused-ring (bicyclic) bond motifs is 4. The molecule has 3 aromatic heterocycles. The van der Waals surface area contributed by atoms with Crippen LogP contribution in [-0.2, 0) is 0 Å². The molecule has 0 aliphatic heterocycles. The number of nitrogens with zero attached hydrogens (tertiary/aromatic N) is 1. The van der Waals surface area contributed by atoms with Gasteiger partial charge >= 0.3 is 0 Å². The van der Waals surface area contributed by atoms with Crippen LogP contribution in [0.3, 0.4) is 0 Å². The molecule has 0 bridgehead atoms. The van der Waals surface area contributed by atoms with E-state index in [-0.39, 0.29) is 28.7 Å². The standard InChI is InChI=1S/C27H13NO5/c29-25-17-9-14-5-1-2-6-15(14)10-18(17)26(30)19(25)12-24-28-27-23(32-24)13-22(33-27)21-11-16-7-3-4-8-20(16)31-21/h1-13H. The Labute approximate surface area is 185 Å². The van der Waals surface area contributed by atoms with Crippen molar-refractivity contribution < 1.29 is 22.8 Å². The zero-order chi connectivity index (χ0) is 22.1. The monoisotopic (exact) mass is 431 g/mol. The molecule has 0 radical (unpaired) electrons. The van der Waals surface area contributed by atoms with Gasteiger partial charge in [-0.25, -0.2) is 0 Å². The second kappa shape index (κ2) is 6.40. The van der Waals surface area contributed by atoms with Crippen LogP contribution in [0.25, 0.3) is 50.6 Å². The third kappa shape index (κ3) is 2.64. The second-order valence-electron chi connectivity index (χ2n) is 7.94. The summed E-state index contributed by atoms with van der Waals surface area (Å²) in [5, 5.41) is 2.78. The lowest BCUT2D eigenvalue weighted by Gasteiger charge is -2.00. The van der Waals surface area contributed by atoms with Gasteiger partial charge in [-0.15, -0.1) is 0 Å². The molecule has 1 aliphatic carbocycles. The lowest BCUT2D eigenvalue weighted by molar-refractivity contribution is 0.0990. The molecule has 7 rings (SSSR count). The molecule has 0 unspecified atom stereocenters. The molecular weight excluding hydrogens is 418 g/mol. The molecule has 0 fully saturated rings. The minimum absolute atomic E-state index is 0.0294. The average molecular weight is 431 g/mol. The lowest BCUT2D eigenvalue weighted by Crippen LogP contribution is -2.00. The number of carbonyl (C=O) groups is 2. The molecule has 6 aromatic rings. The normalized spacial score (nSPS) is 13.5. The van der Waals surface area contributed by atoms with E-state index in [0.717, 1.165) is 21.7 Å². The van der Waals surface area contributed by atoms with Crippen LogP contribution >= 0.6 is 0 Å². The Morgan fingerprint density at radius 1 is 0.636 bits per heavy atom. The zero-order valence-corrected chi connectivity index (χ0v) is 17.0. The summed E-state index contributed by atoms with van der Waals surface area (Å²) in [6.45, 7) is 0. The first-order valence-corrected chi connectivity index (χ1v) is 10.4. The van der Waals surface area contributed by atoms with E-state index in [9.17, 15) is 9.59 Å². The summed E-state index contributed by atoms with van der Waals surface area (Å²) in [5.74, 6) is 0.512. The van der Waals surface area contributed by atoms with Crippen molar-refractivity contribution in [1.82, 2.24) is 4.98 Å². The topological polar surface area (TPSA) is 86.4 Å². The summed E-state index contributed by atoms with van der Waals surface area (Å²) in [6, 6.07) is 22.4. The lowest BCUT2D eigenvalue weighted by atomic mass is 10.0. The highest BCUT2D eigenvalue weighted by Crippen LogP contribution is 2.34. The number of oxazole rings is 1. The smallest absolute Gasteiger partial charge is 0.266 e. The van der Waals surface area contributed by atoms with Gasteiger partial charge < -0.3 is 13.3 Å². The Morgan fingerprint density at radius 3 is 1.94 bits per heavy atom. The largest absolute Gasteiger partial charge is 0.453 e. The Bertz CT molecular complexity index is 1690. The van der Waals surface area contributed by atoms with Crippen LogP contribution in [0.15, 0.2) is 91.6 Å². The van der Waals surface area contributed by atoms with Gasteiger partial charge in [0.25, 0.3) is 5.71 Å². The predicted molar refractivity (Wildman–Crippen MR) is 122 cm³/mol. The molecular formula is C27H13NO5. The van der Waals surface area contributed by atoms with E-state index >= 15 is 0 Å². The van der Waals surface area contributed by atoms with Crippen LogP contribution in [0.5, 0.6) is 0 Å². The number of rotatable bonds is 2. The van der Waals surface area contributed by atoms with Gasteiger partial charge in [-0.1, -0.05) is 42.5 Å². The maximum atomic E-state index is 12.9. The zero-order valence-electron chi connectivity index (χ0n) is 17.0. The van der Waals surface area contributed by atoms with Crippen LogP contribution in [0, 0.1) is 0 Å². The molecule has 3 aromatic carbocycles. The summed E-state index contributed by atoms with van der Waals surface area (Å²) < 4.78 is 17.4. The number of aromatic nitrogens is 1. The van der Waals surface area contributed by atoms with Gasteiger partial charge in [0.05, 0.1) is 5.57 Å². The number of carbonyl (C=O) groups excluding carboxylic acids is 2. The SMILES string of the molecule is O=C1C(=Cc2nc3oc(-c4cc5ccccc5o4)cc3o2)C(=O)c2cc3ccccc3cc21. The second-order valence-corrected chi connectivity index (χ2v) is 7.94. The molecule has 6 heteroatoms.